The molecule has 5 atom stereocenters. The minimum absolute atomic E-state index is 0.141. The van der Waals surface area contributed by atoms with Crippen LogP contribution in [0.15, 0.2) is 11.0 Å². The quantitative estimate of drug-likeness (QED) is 0.432. The summed E-state index contributed by atoms with van der Waals surface area (Å²) in [5.41, 5.74) is 4.58. The number of hydrogen-bond donors (Lipinski definition) is 4. The molecule has 1 aliphatic heterocycles. The summed E-state index contributed by atoms with van der Waals surface area (Å²) in [6.45, 7) is 1.39. The number of nitrogens with one attached hydrogen (secondary N) is 1. The van der Waals surface area contributed by atoms with Crippen molar-refractivity contribution >= 4 is 28.6 Å². The average Bonchev–Trinajstić information content (AvgIpc) is 2.95. The summed E-state index contributed by atoms with van der Waals surface area (Å²) in [5, 5.41) is 19.7. The third-order valence-corrected chi connectivity index (χ3v) is 4.51. The molecule has 3 heterocycles. The summed E-state index contributed by atoms with van der Waals surface area (Å²) >= 11 is 6.32. The van der Waals surface area contributed by atoms with E-state index in [1.807, 2.05) is 0 Å². The predicted molar refractivity (Wildman–Crippen MR) is 83.7 cm³/mol. The second-order valence-corrected chi connectivity index (χ2v) is 6.21. The molecule has 0 aromatic carbocycles. The molecule has 1 fully saturated rings. The zero-order valence-corrected chi connectivity index (χ0v) is 13.2. The topological polar surface area (TPSA) is 126 Å². The number of halogens is 2. The van der Waals surface area contributed by atoms with Gasteiger partial charge in [0, 0.05) is 6.20 Å². The van der Waals surface area contributed by atoms with Crippen molar-refractivity contribution in [2.45, 2.75) is 36.3 Å². The number of nitrogens with zero attached hydrogens (tertiary/aromatic N) is 2. The van der Waals surface area contributed by atoms with E-state index >= 15 is 0 Å². The molecule has 0 spiro atoms. The molecular weight excluding hydrogens is 343 g/mol. The minimum atomic E-state index is -1.81. The number of nitrogens with two attached hydrogens (primary N) is 1. The molecule has 0 aliphatic carbocycles. The Morgan fingerprint density at radius 1 is 1.71 bits per heavy atom. The van der Waals surface area contributed by atoms with Crippen LogP contribution in [0.4, 0.5) is 10.3 Å². The van der Waals surface area contributed by atoms with E-state index in [1.54, 1.807) is 0 Å². The van der Waals surface area contributed by atoms with Gasteiger partial charge in [-0.2, -0.15) is 4.98 Å². The van der Waals surface area contributed by atoms with Gasteiger partial charge >= 0.3 is 0 Å². The Labute approximate surface area is 140 Å². The molecular formula is C14H14ClFN4O4. The number of rotatable bonds is 2. The number of aliphatic hydroxyl groups excluding tert-OH is 2. The normalized spacial score (nSPS) is 31.2. The van der Waals surface area contributed by atoms with Crippen LogP contribution in [0.2, 0.25) is 0 Å². The number of terminal acetylenes is 1. The minimum Gasteiger partial charge on any atom is -0.391 e. The number of aromatic nitrogens is 3. The monoisotopic (exact) mass is 356 g/mol. The Balaban J connectivity index is 2.24. The molecule has 2 aromatic heterocycles. The van der Waals surface area contributed by atoms with Crippen LogP contribution in [0, 0.1) is 18.2 Å². The lowest BCUT2D eigenvalue weighted by Crippen LogP contribution is -2.43. The van der Waals surface area contributed by atoms with Crippen molar-refractivity contribution in [3.63, 3.8) is 0 Å². The van der Waals surface area contributed by atoms with Crippen LogP contribution in [-0.4, -0.2) is 47.9 Å². The maximum Gasteiger partial charge on any atom is 0.264 e. The first-order chi connectivity index (χ1) is 11.2. The number of aliphatic hydroxyl groups is 2. The molecule has 0 saturated carbocycles. The summed E-state index contributed by atoms with van der Waals surface area (Å²) in [4.78, 5) is 16.2. The fourth-order valence-corrected chi connectivity index (χ4v) is 3.10. The zero-order chi connectivity index (χ0) is 17.8. The van der Waals surface area contributed by atoms with Gasteiger partial charge in [0.2, 0.25) is 5.95 Å². The Morgan fingerprint density at radius 3 is 2.96 bits per heavy atom. The summed E-state index contributed by atoms with van der Waals surface area (Å²) in [5.74, 6) is 1.10. The second kappa shape index (κ2) is 5.46. The van der Waals surface area contributed by atoms with Crippen LogP contribution >= 0.6 is 11.6 Å². The molecule has 0 radical (unpaired) electrons. The predicted octanol–water partition coefficient (Wildman–Crippen LogP) is -0.304. The number of ether oxygens (including phenoxy) is 1. The van der Waals surface area contributed by atoms with E-state index in [2.05, 4.69) is 15.9 Å². The molecule has 0 bridgehead atoms. The first-order valence-electron chi connectivity index (χ1n) is 6.94. The van der Waals surface area contributed by atoms with Gasteiger partial charge in [-0.3, -0.25) is 14.3 Å². The highest BCUT2D eigenvalue weighted by molar-refractivity contribution is 6.27. The number of aromatic amines is 1. The summed E-state index contributed by atoms with van der Waals surface area (Å²) in [6.07, 6.45) is 1.45. The van der Waals surface area contributed by atoms with Crippen molar-refractivity contribution in [2.75, 3.05) is 5.73 Å². The summed E-state index contributed by atoms with van der Waals surface area (Å²) < 4.78 is 20.8. The molecule has 1 saturated heterocycles. The van der Waals surface area contributed by atoms with E-state index in [9.17, 15) is 19.4 Å². The number of H-pyrrole nitrogens is 1. The molecule has 2 unspecified atom stereocenters. The van der Waals surface area contributed by atoms with E-state index in [4.69, 9.17) is 28.5 Å². The van der Waals surface area contributed by atoms with E-state index in [0.717, 1.165) is 10.8 Å². The number of fused-ring (bicyclic) bond motifs is 1. The Kier molecular flexibility index (Phi) is 3.80. The number of nitrogen functional groups attached to an aromatic ring is 1. The van der Waals surface area contributed by atoms with Crippen molar-refractivity contribution in [1.29, 1.82) is 0 Å². The maximum absolute atomic E-state index is 14.2. The van der Waals surface area contributed by atoms with Crippen LogP contribution in [0.5, 0.6) is 0 Å². The fraction of sp³-hybridized carbons (Fsp3) is 0.429. The highest BCUT2D eigenvalue weighted by Gasteiger charge is 2.57. The number of anilines is 1. The lowest BCUT2D eigenvalue weighted by atomic mass is 9.97. The SMILES string of the molecule is C#CC1(Cl)C(O)[C@@H]([C@@H](C)O)O[C@H]1n1cc(F)c2c(=O)[nH]c(N)nc21. The van der Waals surface area contributed by atoms with Crippen LogP contribution < -0.4 is 11.3 Å². The van der Waals surface area contributed by atoms with Crippen molar-refractivity contribution in [2.24, 2.45) is 0 Å². The summed E-state index contributed by atoms with van der Waals surface area (Å²) in [7, 11) is 0. The number of hydrogen-bond acceptors (Lipinski definition) is 6. The van der Waals surface area contributed by atoms with Crippen LogP contribution in [0.25, 0.3) is 11.0 Å². The van der Waals surface area contributed by atoms with E-state index in [0.29, 0.717) is 0 Å². The van der Waals surface area contributed by atoms with Gasteiger partial charge in [-0.05, 0) is 6.92 Å². The van der Waals surface area contributed by atoms with Gasteiger partial charge < -0.3 is 20.7 Å². The van der Waals surface area contributed by atoms with Gasteiger partial charge in [0.1, 0.15) is 17.6 Å². The van der Waals surface area contributed by atoms with Crippen LogP contribution in [0.3, 0.4) is 0 Å². The van der Waals surface area contributed by atoms with Gasteiger partial charge in [0.25, 0.3) is 5.56 Å². The fourth-order valence-electron chi connectivity index (χ4n) is 2.82. The molecule has 24 heavy (non-hydrogen) atoms. The van der Waals surface area contributed by atoms with Gasteiger partial charge in [-0.25, -0.2) is 4.39 Å². The Bertz CT molecular complexity index is 905. The van der Waals surface area contributed by atoms with Crippen molar-refractivity contribution in [3.8, 4) is 12.3 Å². The van der Waals surface area contributed by atoms with E-state index in [-0.39, 0.29) is 17.0 Å². The van der Waals surface area contributed by atoms with Gasteiger partial charge in [0.15, 0.2) is 22.6 Å². The Morgan fingerprint density at radius 2 is 2.38 bits per heavy atom. The second-order valence-electron chi connectivity index (χ2n) is 5.58. The third kappa shape index (κ3) is 2.19. The van der Waals surface area contributed by atoms with Gasteiger partial charge in [-0.15, -0.1) is 6.42 Å². The van der Waals surface area contributed by atoms with E-state index in [1.165, 1.54) is 6.92 Å². The molecule has 0 amide bonds. The van der Waals surface area contributed by atoms with Gasteiger partial charge in [0.05, 0.1) is 6.10 Å². The lowest BCUT2D eigenvalue weighted by Gasteiger charge is -2.25. The average molecular weight is 357 g/mol. The molecule has 8 nitrogen and oxygen atoms in total. The van der Waals surface area contributed by atoms with Crippen LogP contribution in [-0.2, 0) is 4.74 Å². The van der Waals surface area contributed by atoms with E-state index < -0.39 is 40.8 Å². The lowest BCUT2D eigenvalue weighted by molar-refractivity contribution is -0.0752. The maximum atomic E-state index is 14.2. The molecule has 1 aliphatic rings. The highest BCUT2D eigenvalue weighted by Crippen LogP contribution is 2.45. The van der Waals surface area contributed by atoms with Crippen molar-refractivity contribution < 1.29 is 19.3 Å². The summed E-state index contributed by atoms with van der Waals surface area (Å²) in [6, 6.07) is 0. The molecule has 128 valence electrons. The smallest absolute Gasteiger partial charge is 0.264 e. The van der Waals surface area contributed by atoms with Crippen molar-refractivity contribution in [3.05, 3.63) is 22.4 Å². The first-order valence-corrected chi connectivity index (χ1v) is 7.32. The van der Waals surface area contributed by atoms with Crippen molar-refractivity contribution in [1.82, 2.24) is 14.5 Å². The largest absolute Gasteiger partial charge is 0.391 e. The molecule has 2 aromatic rings. The molecule has 3 rings (SSSR count). The zero-order valence-electron chi connectivity index (χ0n) is 12.4. The number of alkyl halides is 1. The van der Waals surface area contributed by atoms with Crippen LogP contribution in [0.1, 0.15) is 13.2 Å². The molecule has 10 heteroatoms. The molecule has 5 N–H and O–H groups in total. The third-order valence-electron chi connectivity index (χ3n) is 3.99. The van der Waals surface area contributed by atoms with Gasteiger partial charge in [-0.1, -0.05) is 17.5 Å². The Hall–Kier alpha value is -2.12. The standard InChI is InChI=1S/C14H14ClFN4O4/c1-3-14(15)9(22)8(5(2)21)24-12(14)20-4-6(16)7-10(20)18-13(17)19-11(7)23/h1,4-5,8-9,12,21-22H,2H3,(H3,17,18,19,23)/t5-,8-,9?,12-,14?/m1/s1. The highest BCUT2D eigenvalue weighted by atomic mass is 35.5. The first kappa shape index (κ1) is 16.7.